The summed E-state index contributed by atoms with van der Waals surface area (Å²) in [5, 5.41) is 3.29. The molecule has 1 heterocycles. The summed E-state index contributed by atoms with van der Waals surface area (Å²) in [6.07, 6.45) is 0. The van der Waals surface area contributed by atoms with Gasteiger partial charge >= 0.3 is 0 Å². The Labute approximate surface area is 157 Å². The van der Waals surface area contributed by atoms with E-state index in [0.717, 1.165) is 23.6 Å². The molecule has 1 aromatic rings. The summed E-state index contributed by atoms with van der Waals surface area (Å²) in [5.41, 5.74) is 2.26. The molecule has 0 saturated carbocycles. The summed E-state index contributed by atoms with van der Waals surface area (Å²) < 4.78 is 29.1. The van der Waals surface area contributed by atoms with E-state index >= 15 is 0 Å². The van der Waals surface area contributed by atoms with Crippen LogP contribution in [0.2, 0.25) is 0 Å². The molecule has 1 N–H and O–H groups in total. The van der Waals surface area contributed by atoms with Gasteiger partial charge in [-0.2, -0.15) is 0 Å². The van der Waals surface area contributed by atoms with Crippen LogP contribution in [-0.4, -0.2) is 56.0 Å². The number of guanidine groups is 1. The molecule has 0 amide bonds. The minimum absolute atomic E-state index is 0.163. The number of hydrogen-bond acceptors (Lipinski definition) is 4. The highest BCUT2D eigenvalue weighted by Crippen LogP contribution is 2.23. The molecule has 1 aliphatic rings. The summed E-state index contributed by atoms with van der Waals surface area (Å²) in [7, 11) is -3.06. The Morgan fingerprint density at radius 2 is 1.88 bits per heavy atom. The van der Waals surface area contributed by atoms with Crippen molar-refractivity contribution in [1.82, 2.24) is 10.2 Å². The van der Waals surface area contributed by atoms with Gasteiger partial charge in [0.1, 0.15) is 0 Å². The number of nitrogens with zero attached hydrogens (tertiary/aromatic N) is 2. The molecule has 0 spiro atoms. The maximum Gasteiger partial charge on any atom is 0.194 e. The fourth-order valence-corrected chi connectivity index (χ4v) is 4.24. The van der Waals surface area contributed by atoms with E-state index in [1.165, 1.54) is 0 Å². The van der Waals surface area contributed by atoms with E-state index in [9.17, 15) is 8.42 Å². The normalized spacial score (nSPS) is 19.4. The minimum atomic E-state index is -3.06. The van der Waals surface area contributed by atoms with Crippen LogP contribution in [0.15, 0.2) is 29.3 Å². The van der Waals surface area contributed by atoms with Gasteiger partial charge in [0, 0.05) is 26.2 Å². The Balaban J connectivity index is 2.07. The first kappa shape index (κ1) is 20.7. The van der Waals surface area contributed by atoms with Crippen molar-refractivity contribution in [2.45, 2.75) is 45.6 Å². The van der Waals surface area contributed by atoms with Gasteiger partial charge in [0.2, 0.25) is 0 Å². The van der Waals surface area contributed by atoms with Crippen molar-refractivity contribution in [3.05, 3.63) is 35.4 Å². The molecule has 1 aliphatic heterocycles. The third kappa shape index (κ3) is 5.20. The van der Waals surface area contributed by atoms with Crippen LogP contribution in [0.25, 0.3) is 0 Å². The van der Waals surface area contributed by atoms with Gasteiger partial charge in [0.15, 0.2) is 15.8 Å². The molecule has 7 heteroatoms. The minimum Gasteiger partial charge on any atom is -0.377 e. The second-order valence-corrected chi connectivity index (χ2v) is 9.87. The number of hydrogen-bond donors (Lipinski definition) is 1. The fraction of sp³-hybridized carbons (Fsp3) is 0.632. The number of ether oxygens (including phenoxy) is 1. The maximum absolute atomic E-state index is 12.2. The average Bonchev–Trinajstić information content (AvgIpc) is 2.60. The Bertz CT molecular complexity index is 712. The molecular formula is C19H31N3O3S. The van der Waals surface area contributed by atoms with Crippen molar-refractivity contribution in [3.8, 4) is 0 Å². The zero-order chi connectivity index (χ0) is 19.2. The molecule has 146 valence electrons. The van der Waals surface area contributed by atoms with Crippen LogP contribution >= 0.6 is 0 Å². The molecule has 0 bridgehead atoms. The van der Waals surface area contributed by atoms with E-state index in [-0.39, 0.29) is 5.75 Å². The van der Waals surface area contributed by atoms with Gasteiger partial charge < -0.3 is 15.0 Å². The molecule has 0 unspecified atom stereocenters. The molecule has 1 aromatic carbocycles. The fourth-order valence-electron chi connectivity index (χ4n) is 2.88. The van der Waals surface area contributed by atoms with E-state index in [1.54, 1.807) is 13.8 Å². The highest BCUT2D eigenvalue weighted by Gasteiger charge is 2.40. The predicted octanol–water partition coefficient (Wildman–Crippen LogP) is 2.20. The number of nitrogens with one attached hydrogen (secondary N) is 1. The summed E-state index contributed by atoms with van der Waals surface area (Å²) >= 11 is 0. The zero-order valence-corrected chi connectivity index (χ0v) is 17.1. The van der Waals surface area contributed by atoms with E-state index < -0.39 is 14.6 Å². The van der Waals surface area contributed by atoms with Gasteiger partial charge in [-0.15, -0.1) is 0 Å². The largest absolute Gasteiger partial charge is 0.377 e. The van der Waals surface area contributed by atoms with Crippen LogP contribution in [0.3, 0.4) is 0 Å². The quantitative estimate of drug-likeness (QED) is 0.604. The summed E-state index contributed by atoms with van der Waals surface area (Å²) in [4.78, 5) is 6.77. The van der Waals surface area contributed by atoms with Crippen LogP contribution < -0.4 is 5.32 Å². The molecule has 0 atom stereocenters. The van der Waals surface area contributed by atoms with E-state index in [0.29, 0.717) is 32.8 Å². The monoisotopic (exact) mass is 381 g/mol. The smallest absolute Gasteiger partial charge is 0.194 e. The van der Waals surface area contributed by atoms with E-state index in [1.807, 2.05) is 18.7 Å². The Morgan fingerprint density at radius 3 is 2.46 bits per heavy atom. The molecule has 0 aromatic heterocycles. The van der Waals surface area contributed by atoms with Crippen molar-refractivity contribution in [1.29, 1.82) is 0 Å². The van der Waals surface area contributed by atoms with Gasteiger partial charge in [-0.25, -0.2) is 13.4 Å². The van der Waals surface area contributed by atoms with Crippen molar-refractivity contribution >= 4 is 15.8 Å². The first-order chi connectivity index (χ1) is 12.3. The number of benzene rings is 1. The molecule has 1 fully saturated rings. The highest BCUT2D eigenvalue weighted by atomic mass is 32.2. The maximum atomic E-state index is 12.2. The Morgan fingerprint density at radius 1 is 1.23 bits per heavy atom. The van der Waals surface area contributed by atoms with Gasteiger partial charge in [-0.05, 0) is 38.8 Å². The van der Waals surface area contributed by atoms with Crippen molar-refractivity contribution in [2.24, 2.45) is 4.99 Å². The summed E-state index contributed by atoms with van der Waals surface area (Å²) in [6, 6.07) is 8.24. The van der Waals surface area contributed by atoms with Gasteiger partial charge in [0.25, 0.3) is 0 Å². The van der Waals surface area contributed by atoms with E-state index in [4.69, 9.17) is 9.73 Å². The third-order valence-electron chi connectivity index (χ3n) is 4.59. The number of aliphatic imine (C=N–C) groups is 1. The molecule has 26 heavy (non-hydrogen) atoms. The third-order valence-corrected chi connectivity index (χ3v) is 7.12. The average molecular weight is 382 g/mol. The first-order valence-corrected chi connectivity index (χ1v) is 10.9. The zero-order valence-electron chi connectivity index (χ0n) is 16.3. The second kappa shape index (κ2) is 8.86. The molecule has 1 saturated heterocycles. The van der Waals surface area contributed by atoms with Crippen LogP contribution in [0.5, 0.6) is 0 Å². The first-order valence-electron chi connectivity index (χ1n) is 9.20. The van der Waals surface area contributed by atoms with Crippen LogP contribution in [0.1, 0.15) is 38.8 Å². The van der Waals surface area contributed by atoms with Crippen LogP contribution in [0.4, 0.5) is 0 Å². The van der Waals surface area contributed by atoms with Gasteiger partial charge in [-0.1, -0.05) is 24.3 Å². The lowest BCUT2D eigenvalue weighted by Crippen LogP contribution is -2.57. The SMILES string of the molecule is CCNC(=NCc1ccc(COCC)cc1)N1CCS(=O)(=O)C(C)(C)C1. The predicted molar refractivity (Wildman–Crippen MR) is 106 cm³/mol. The molecule has 0 radical (unpaired) electrons. The summed E-state index contributed by atoms with van der Waals surface area (Å²) in [5.74, 6) is 0.935. The van der Waals surface area contributed by atoms with Crippen LogP contribution in [0, 0.1) is 0 Å². The topological polar surface area (TPSA) is 71.0 Å². The highest BCUT2D eigenvalue weighted by molar-refractivity contribution is 7.92. The lowest BCUT2D eigenvalue weighted by atomic mass is 10.1. The lowest BCUT2D eigenvalue weighted by Gasteiger charge is -2.39. The lowest BCUT2D eigenvalue weighted by molar-refractivity contribution is 0.134. The van der Waals surface area contributed by atoms with Gasteiger partial charge in [0.05, 0.1) is 23.7 Å². The second-order valence-electron chi connectivity index (χ2n) is 7.12. The standard InChI is InChI=1S/C19H31N3O3S/c1-5-20-18(22-11-12-26(23,24)19(3,4)15-22)21-13-16-7-9-17(10-8-16)14-25-6-2/h7-10H,5-6,11-15H2,1-4H3,(H,20,21). The molecule has 6 nitrogen and oxygen atoms in total. The molecule has 0 aliphatic carbocycles. The van der Waals surface area contributed by atoms with Gasteiger partial charge in [-0.3, -0.25) is 0 Å². The van der Waals surface area contributed by atoms with Crippen molar-refractivity contribution in [2.75, 3.05) is 32.0 Å². The van der Waals surface area contributed by atoms with E-state index in [2.05, 4.69) is 29.6 Å². The molecule has 2 rings (SSSR count). The van der Waals surface area contributed by atoms with Crippen molar-refractivity contribution < 1.29 is 13.2 Å². The summed E-state index contributed by atoms with van der Waals surface area (Å²) in [6.45, 7) is 11.1. The molecular weight excluding hydrogens is 350 g/mol. The van der Waals surface area contributed by atoms with Crippen molar-refractivity contribution in [3.63, 3.8) is 0 Å². The van der Waals surface area contributed by atoms with Crippen LogP contribution in [-0.2, 0) is 27.7 Å². The number of sulfone groups is 1. The number of rotatable bonds is 6. The Hall–Kier alpha value is -1.60. The Kier molecular flexibility index (Phi) is 7.06.